The minimum atomic E-state index is 0. The molecule has 106 valence electrons. The van der Waals surface area contributed by atoms with Crippen molar-refractivity contribution in [2.75, 3.05) is 13.1 Å². The third kappa shape index (κ3) is 3.49. The maximum absolute atomic E-state index is 5.52. The smallest absolute Gasteiger partial charge is 0.141 e. The van der Waals surface area contributed by atoms with Gasteiger partial charge in [0.2, 0.25) is 0 Å². The summed E-state index contributed by atoms with van der Waals surface area (Å²) in [7, 11) is 0. The van der Waals surface area contributed by atoms with Crippen molar-refractivity contribution in [3.8, 4) is 24.7 Å². The maximum atomic E-state index is 5.52. The van der Waals surface area contributed by atoms with Gasteiger partial charge < -0.3 is 0 Å². The van der Waals surface area contributed by atoms with Crippen molar-refractivity contribution in [3.05, 3.63) is 34.4 Å². The lowest BCUT2D eigenvalue weighted by Gasteiger charge is -2.29. The number of halogens is 3. The maximum Gasteiger partial charge on any atom is 0.141 e. The number of rotatable bonds is 4. The molecule has 1 aromatic carbocycles. The molecular formula is C16H17Br3N+. The second kappa shape index (κ2) is 7.66. The van der Waals surface area contributed by atoms with Crippen LogP contribution in [0.5, 0.6) is 0 Å². The summed E-state index contributed by atoms with van der Waals surface area (Å²) >= 11 is 7.11. The molecule has 0 atom stereocenters. The summed E-state index contributed by atoms with van der Waals surface area (Å²) in [4.78, 5) is 0. The first kappa shape index (κ1) is 17.8. The summed E-state index contributed by atoms with van der Waals surface area (Å²) in [6, 6.07) is 4.60. The van der Waals surface area contributed by atoms with E-state index in [9.17, 15) is 0 Å². The van der Waals surface area contributed by atoms with E-state index >= 15 is 0 Å². The number of benzene rings is 1. The minimum Gasteiger partial charge on any atom is -0.296 e. The summed E-state index contributed by atoms with van der Waals surface area (Å²) in [5.74, 6) is 5.57. The highest BCUT2D eigenvalue weighted by Gasteiger charge is 2.35. The van der Waals surface area contributed by atoms with Crippen molar-refractivity contribution < 1.29 is 4.48 Å². The second-order valence-electron chi connectivity index (χ2n) is 5.04. The van der Waals surface area contributed by atoms with Gasteiger partial charge in [-0.05, 0) is 35.1 Å². The number of terminal acetylenes is 2. The Bertz CT molecular complexity index is 515. The van der Waals surface area contributed by atoms with Crippen LogP contribution in [0.3, 0.4) is 0 Å². The molecule has 1 aromatic rings. The van der Waals surface area contributed by atoms with Crippen LogP contribution in [0, 0.1) is 24.7 Å². The first-order chi connectivity index (χ1) is 9.18. The van der Waals surface area contributed by atoms with E-state index in [-0.39, 0.29) is 17.0 Å². The number of hydrogen-bond donors (Lipinski definition) is 0. The molecule has 2 rings (SSSR count). The predicted octanol–water partition coefficient (Wildman–Crippen LogP) is 4.15. The largest absolute Gasteiger partial charge is 0.296 e. The highest BCUT2D eigenvalue weighted by atomic mass is 79.9. The van der Waals surface area contributed by atoms with Crippen molar-refractivity contribution in [1.82, 2.24) is 0 Å². The Hall–Kier alpha value is -0.260. The molecule has 0 spiro atoms. The lowest BCUT2D eigenvalue weighted by atomic mass is 10.0. The van der Waals surface area contributed by atoms with Crippen LogP contribution in [0.2, 0.25) is 0 Å². The van der Waals surface area contributed by atoms with Crippen LogP contribution in [0.15, 0.2) is 12.1 Å². The Labute approximate surface area is 148 Å². The first-order valence-electron chi connectivity index (χ1n) is 6.15. The molecule has 4 heteroatoms. The molecule has 0 bridgehead atoms. The van der Waals surface area contributed by atoms with Crippen LogP contribution in [-0.2, 0) is 23.7 Å². The summed E-state index contributed by atoms with van der Waals surface area (Å²) in [6.07, 6.45) is 11.0. The molecule has 0 radical (unpaired) electrons. The first-order valence-corrected chi connectivity index (χ1v) is 8.40. The molecule has 1 aliphatic rings. The highest BCUT2D eigenvalue weighted by Crippen LogP contribution is 2.33. The fourth-order valence-electron chi connectivity index (χ4n) is 2.78. The normalized spacial score (nSPS) is 14.8. The fraction of sp³-hybridized carbons (Fsp3) is 0.375. The number of fused-ring (bicyclic) bond motifs is 1. The molecule has 0 saturated heterocycles. The Morgan fingerprint density at radius 3 is 1.65 bits per heavy atom. The zero-order valence-electron chi connectivity index (χ0n) is 11.2. The lowest BCUT2D eigenvalue weighted by molar-refractivity contribution is -0.934. The molecule has 0 unspecified atom stereocenters. The molecule has 0 saturated carbocycles. The van der Waals surface area contributed by atoms with Gasteiger partial charge in [0.15, 0.2) is 0 Å². The average molecular weight is 463 g/mol. The Kier molecular flexibility index (Phi) is 6.82. The summed E-state index contributed by atoms with van der Waals surface area (Å²) in [6.45, 7) is 3.30. The molecule has 0 fully saturated rings. The Morgan fingerprint density at radius 1 is 0.950 bits per heavy atom. The molecule has 1 heterocycles. The van der Waals surface area contributed by atoms with Gasteiger partial charge in [0.25, 0.3) is 0 Å². The van der Waals surface area contributed by atoms with Gasteiger partial charge in [0.1, 0.15) is 26.2 Å². The van der Waals surface area contributed by atoms with Crippen LogP contribution in [0.25, 0.3) is 0 Å². The lowest BCUT2D eigenvalue weighted by Crippen LogP contribution is -2.43. The standard InChI is InChI=1S/C16H16Br2N.BrH/c1-3-5-19(6-4-2)11-15-7-13(9-17)14(10-18)8-16(15)12-19;/h1-2,7-8H,5-6,9-12H2;1H/q+1;. The van der Waals surface area contributed by atoms with E-state index in [1.807, 2.05) is 0 Å². The van der Waals surface area contributed by atoms with Crippen molar-refractivity contribution >= 4 is 48.8 Å². The van der Waals surface area contributed by atoms with Crippen molar-refractivity contribution in [2.24, 2.45) is 0 Å². The molecular weight excluding hydrogens is 446 g/mol. The Balaban J connectivity index is 0.00000200. The molecule has 0 aromatic heterocycles. The van der Waals surface area contributed by atoms with E-state index < -0.39 is 0 Å². The molecule has 1 aliphatic heterocycles. The predicted molar refractivity (Wildman–Crippen MR) is 97.1 cm³/mol. The third-order valence-electron chi connectivity index (χ3n) is 3.67. The van der Waals surface area contributed by atoms with E-state index in [4.69, 9.17) is 12.8 Å². The van der Waals surface area contributed by atoms with Crippen molar-refractivity contribution in [3.63, 3.8) is 0 Å². The third-order valence-corrected chi connectivity index (χ3v) is 4.88. The van der Waals surface area contributed by atoms with Crippen LogP contribution in [0.4, 0.5) is 0 Å². The molecule has 1 nitrogen and oxygen atoms in total. The van der Waals surface area contributed by atoms with Gasteiger partial charge in [-0.15, -0.1) is 29.8 Å². The van der Waals surface area contributed by atoms with Crippen LogP contribution < -0.4 is 0 Å². The minimum absolute atomic E-state index is 0. The molecule has 0 amide bonds. The second-order valence-corrected chi connectivity index (χ2v) is 6.16. The SMILES string of the molecule is Br.C#CC[N+]1(CC#C)Cc2cc(CBr)c(CBr)cc2C1. The summed E-state index contributed by atoms with van der Waals surface area (Å²) in [5.41, 5.74) is 5.48. The van der Waals surface area contributed by atoms with Gasteiger partial charge in [-0.1, -0.05) is 31.9 Å². The monoisotopic (exact) mass is 460 g/mol. The van der Waals surface area contributed by atoms with E-state index in [1.54, 1.807) is 0 Å². The van der Waals surface area contributed by atoms with Gasteiger partial charge in [-0.2, -0.15) is 0 Å². The van der Waals surface area contributed by atoms with Crippen LogP contribution >= 0.6 is 48.8 Å². The van der Waals surface area contributed by atoms with Gasteiger partial charge in [0.05, 0.1) is 0 Å². The zero-order chi connectivity index (χ0) is 13.9. The number of quaternary nitrogens is 1. The van der Waals surface area contributed by atoms with Crippen LogP contribution in [-0.4, -0.2) is 17.6 Å². The van der Waals surface area contributed by atoms with E-state index in [0.717, 1.165) is 28.2 Å². The summed E-state index contributed by atoms with van der Waals surface area (Å²) < 4.78 is 0.801. The highest BCUT2D eigenvalue weighted by molar-refractivity contribution is 9.09. The van der Waals surface area contributed by atoms with Crippen molar-refractivity contribution in [2.45, 2.75) is 23.7 Å². The van der Waals surface area contributed by atoms with E-state index in [1.165, 1.54) is 22.3 Å². The van der Waals surface area contributed by atoms with E-state index in [0.29, 0.717) is 13.1 Å². The van der Waals surface area contributed by atoms with Gasteiger partial charge in [-0.25, -0.2) is 0 Å². The average Bonchev–Trinajstić information content (AvgIpc) is 2.74. The fourth-order valence-corrected chi connectivity index (χ4v) is 3.82. The number of nitrogens with zero attached hydrogens (tertiary/aromatic N) is 1. The van der Waals surface area contributed by atoms with Gasteiger partial charge in [-0.3, -0.25) is 4.48 Å². The van der Waals surface area contributed by atoms with Crippen LogP contribution in [0.1, 0.15) is 22.3 Å². The van der Waals surface area contributed by atoms with Gasteiger partial charge >= 0.3 is 0 Å². The zero-order valence-corrected chi connectivity index (χ0v) is 16.0. The van der Waals surface area contributed by atoms with Gasteiger partial charge in [0, 0.05) is 21.8 Å². The van der Waals surface area contributed by atoms with Crippen molar-refractivity contribution in [1.29, 1.82) is 0 Å². The molecule has 0 N–H and O–H groups in total. The number of hydrogen-bond acceptors (Lipinski definition) is 0. The molecule has 20 heavy (non-hydrogen) atoms. The quantitative estimate of drug-likeness (QED) is 0.358. The topological polar surface area (TPSA) is 0 Å². The number of alkyl halides is 2. The van der Waals surface area contributed by atoms with E-state index in [2.05, 4.69) is 55.8 Å². The summed E-state index contributed by atoms with van der Waals surface area (Å²) in [5, 5.41) is 1.76. The molecule has 0 aliphatic carbocycles. The Morgan fingerprint density at radius 2 is 1.35 bits per heavy atom.